The van der Waals surface area contributed by atoms with Gasteiger partial charge in [0.15, 0.2) is 0 Å². The molecule has 4 heteroatoms. The second-order valence-corrected chi connectivity index (χ2v) is 5.32. The summed E-state index contributed by atoms with van der Waals surface area (Å²) in [6.07, 6.45) is 3.28. The van der Waals surface area contributed by atoms with Gasteiger partial charge in [0, 0.05) is 31.1 Å². The zero-order valence-corrected chi connectivity index (χ0v) is 9.55. The molecule has 1 saturated heterocycles. The van der Waals surface area contributed by atoms with E-state index < -0.39 is 0 Å². The van der Waals surface area contributed by atoms with Crippen LogP contribution in [0, 0.1) is 0 Å². The first kappa shape index (κ1) is 10.1. The Labute approximate surface area is 89.3 Å². The van der Waals surface area contributed by atoms with E-state index in [1.54, 1.807) is 0 Å². The molecule has 1 aromatic rings. The Bertz CT molecular complexity index is 297. The van der Waals surface area contributed by atoms with Gasteiger partial charge in [-0.05, 0) is 18.2 Å². The smallest absolute Gasteiger partial charge is 0.0762 e. The van der Waals surface area contributed by atoms with Crippen LogP contribution in [-0.2, 0) is 13.6 Å². The highest BCUT2D eigenvalue weighted by Gasteiger charge is 2.23. The van der Waals surface area contributed by atoms with E-state index in [4.69, 9.17) is 0 Å². The fourth-order valence-corrected chi connectivity index (χ4v) is 3.02. The average Bonchev–Trinajstić information content (AvgIpc) is 2.72. The van der Waals surface area contributed by atoms with Crippen LogP contribution in [0.4, 0.5) is 0 Å². The summed E-state index contributed by atoms with van der Waals surface area (Å²) in [5.41, 5.74) is 1.14. The number of thioether (sulfide) groups is 1. The lowest BCUT2D eigenvalue weighted by Crippen LogP contribution is -2.32. The van der Waals surface area contributed by atoms with Crippen LogP contribution >= 0.6 is 11.8 Å². The Morgan fingerprint density at radius 3 is 3.14 bits per heavy atom. The number of rotatable bonds is 3. The van der Waals surface area contributed by atoms with Gasteiger partial charge in [0.1, 0.15) is 0 Å². The SMILES string of the molecule is CC1SCCC1NCc1ccn(C)n1. The van der Waals surface area contributed by atoms with Crippen LogP contribution in [0.5, 0.6) is 0 Å². The second-order valence-electron chi connectivity index (χ2n) is 3.83. The summed E-state index contributed by atoms with van der Waals surface area (Å²) in [6.45, 7) is 3.20. The summed E-state index contributed by atoms with van der Waals surface area (Å²) in [5, 5.41) is 8.66. The Morgan fingerprint density at radius 1 is 1.71 bits per heavy atom. The number of nitrogens with zero attached hydrogens (tertiary/aromatic N) is 2. The van der Waals surface area contributed by atoms with E-state index in [2.05, 4.69) is 35.2 Å². The summed E-state index contributed by atoms with van der Waals surface area (Å²) >= 11 is 2.06. The molecule has 0 bridgehead atoms. The maximum absolute atomic E-state index is 4.34. The largest absolute Gasteiger partial charge is 0.307 e. The number of aromatic nitrogens is 2. The predicted molar refractivity (Wildman–Crippen MR) is 60.4 cm³/mol. The third kappa shape index (κ3) is 2.30. The zero-order valence-electron chi connectivity index (χ0n) is 8.73. The summed E-state index contributed by atoms with van der Waals surface area (Å²) < 4.78 is 1.85. The van der Waals surface area contributed by atoms with Crippen molar-refractivity contribution in [1.82, 2.24) is 15.1 Å². The Balaban J connectivity index is 1.82. The molecule has 0 radical (unpaired) electrons. The molecule has 14 heavy (non-hydrogen) atoms. The molecule has 1 N–H and O–H groups in total. The molecule has 0 spiro atoms. The van der Waals surface area contributed by atoms with Crippen LogP contribution < -0.4 is 5.32 Å². The average molecular weight is 211 g/mol. The van der Waals surface area contributed by atoms with Crippen LogP contribution in [-0.4, -0.2) is 26.8 Å². The van der Waals surface area contributed by atoms with Crippen LogP contribution in [0.1, 0.15) is 19.0 Å². The van der Waals surface area contributed by atoms with E-state index in [-0.39, 0.29) is 0 Å². The van der Waals surface area contributed by atoms with Crippen molar-refractivity contribution in [3.8, 4) is 0 Å². The zero-order chi connectivity index (χ0) is 9.97. The minimum absolute atomic E-state index is 0.669. The monoisotopic (exact) mass is 211 g/mol. The van der Waals surface area contributed by atoms with E-state index in [9.17, 15) is 0 Å². The molecule has 1 aromatic heterocycles. The van der Waals surface area contributed by atoms with Gasteiger partial charge in [-0.15, -0.1) is 0 Å². The lowest BCUT2D eigenvalue weighted by atomic mass is 10.2. The van der Waals surface area contributed by atoms with Gasteiger partial charge in [0.25, 0.3) is 0 Å². The standard InChI is InChI=1S/C10H17N3S/c1-8-10(4-6-14-8)11-7-9-3-5-13(2)12-9/h3,5,8,10-11H,4,6-7H2,1-2H3. The van der Waals surface area contributed by atoms with Gasteiger partial charge in [0.2, 0.25) is 0 Å². The van der Waals surface area contributed by atoms with Gasteiger partial charge < -0.3 is 5.32 Å². The van der Waals surface area contributed by atoms with E-state index in [1.165, 1.54) is 12.2 Å². The summed E-state index contributed by atoms with van der Waals surface area (Å²) in [6, 6.07) is 2.74. The Kier molecular flexibility index (Phi) is 3.13. The molecular weight excluding hydrogens is 194 g/mol. The summed E-state index contributed by atoms with van der Waals surface area (Å²) in [7, 11) is 1.96. The highest BCUT2D eigenvalue weighted by Crippen LogP contribution is 2.26. The first-order valence-electron chi connectivity index (χ1n) is 5.09. The highest BCUT2D eigenvalue weighted by molar-refractivity contribution is 8.00. The van der Waals surface area contributed by atoms with Crippen molar-refractivity contribution in [3.63, 3.8) is 0 Å². The number of nitrogens with one attached hydrogen (secondary N) is 1. The van der Waals surface area contributed by atoms with Crippen molar-refractivity contribution in [1.29, 1.82) is 0 Å². The van der Waals surface area contributed by atoms with Crippen LogP contribution in [0.2, 0.25) is 0 Å². The van der Waals surface area contributed by atoms with Gasteiger partial charge >= 0.3 is 0 Å². The fraction of sp³-hybridized carbons (Fsp3) is 0.700. The maximum atomic E-state index is 4.34. The minimum atomic E-state index is 0.669. The molecule has 2 rings (SSSR count). The minimum Gasteiger partial charge on any atom is -0.307 e. The first-order valence-corrected chi connectivity index (χ1v) is 6.14. The van der Waals surface area contributed by atoms with Crippen LogP contribution in [0.3, 0.4) is 0 Å². The maximum Gasteiger partial charge on any atom is 0.0762 e. The molecule has 2 atom stereocenters. The second kappa shape index (κ2) is 4.36. The quantitative estimate of drug-likeness (QED) is 0.819. The lowest BCUT2D eigenvalue weighted by molar-refractivity contribution is 0.506. The van der Waals surface area contributed by atoms with Crippen molar-refractivity contribution >= 4 is 11.8 Å². The molecule has 0 amide bonds. The summed E-state index contributed by atoms with van der Waals surface area (Å²) in [4.78, 5) is 0. The topological polar surface area (TPSA) is 29.9 Å². The van der Waals surface area contributed by atoms with Crippen molar-refractivity contribution in [2.24, 2.45) is 7.05 Å². The molecule has 3 nitrogen and oxygen atoms in total. The van der Waals surface area contributed by atoms with Gasteiger partial charge in [-0.2, -0.15) is 16.9 Å². The normalized spacial score (nSPS) is 27.0. The molecule has 2 heterocycles. The molecule has 1 aliphatic rings. The number of hydrogen-bond acceptors (Lipinski definition) is 3. The molecular formula is C10H17N3S. The van der Waals surface area contributed by atoms with Crippen LogP contribution in [0.25, 0.3) is 0 Å². The van der Waals surface area contributed by atoms with Crippen LogP contribution in [0.15, 0.2) is 12.3 Å². The van der Waals surface area contributed by atoms with E-state index in [0.29, 0.717) is 6.04 Å². The Hall–Kier alpha value is -0.480. The lowest BCUT2D eigenvalue weighted by Gasteiger charge is -2.15. The van der Waals surface area contributed by atoms with Crippen molar-refractivity contribution in [3.05, 3.63) is 18.0 Å². The molecule has 0 aromatic carbocycles. The van der Waals surface area contributed by atoms with Gasteiger partial charge in [-0.25, -0.2) is 0 Å². The van der Waals surface area contributed by atoms with Crippen molar-refractivity contribution in [2.45, 2.75) is 31.2 Å². The first-order chi connectivity index (χ1) is 6.75. The van der Waals surface area contributed by atoms with Crippen molar-refractivity contribution < 1.29 is 0 Å². The fourth-order valence-electron chi connectivity index (χ4n) is 1.79. The van der Waals surface area contributed by atoms with Gasteiger partial charge in [-0.3, -0.25) is 4.68 Å². The molecule has 1 aliphatic heterocycles. The molecule has 2 unspecified atom stereocenters. The summed E-state index contributed by atoms with van der Waals surface area (Å²) in [5.74, 6) is 1.29. The van der Waals surface area contributed by atoms with E-state index >= 15 is 0 Å². The van der Waals surface area contributed by atoms with Crippen molar-refractivity contribution in [2.75, 3.05) is 5.75 Å². The van der Waals surface area contributed by atoms with Gasteiger partial charge in [-0.1, -0.05) is 6.92 Å². The predicted octanol–water partition coefficient (Wildman–Crippen LogP) is 1.40. The molecule has 0 saturated carbocycles. The Morgan fingerprint density at radius 2 is 2.57 bits per heavy atom. The van der Waals surface area contributed by atoms with E-state index in [0.717, 1.165) is 17.5 Å². The molecule has 78 valence electrons. The number of hydrogen-bond donors (Lipinski definition) is 1. The molecule has 1 fully saturated rings. The highest BCUT2D eigenvalue weighted by atomic mass is 32.2. The van der Waals surface area contributed by atoms with E-state index in [1.807, 2.05) is 17.9 Å². The third-order valence-corrected chi connectivity index (χ3v) is 4.02. The van der Waals surface area contributed by atoms with Gasteiger partial charge in [0.05, 0.1) is 5.69 Å². The number of aryl methyl sites for hydroxylation is 1. The molecule has 0 aliphatic carbocycles. The third-order valence-electron chi connectivity index (χ3n) is 2.69.